The van der Waals surface area contributed by atoms with Crippen molar-refractivity contribution in [1.29, 1.82) is 0 Å². The van der Waals surface area contributed by atoms with Gasteiger partial charge in [-0.1, -0.05) is 35.6 Å². The summed E-state index contributed by atoms with van der Waals surface area (Å²) in [6, 6.07) is 2.36. The zero-order valence-electron chi connectivity index (χ0n) is 9.05. The third-order valence-corrected chi connectivity index (χ3v) is 3.59. The number of carbonyl (C=O) groups is 1. The molecule has 0 aromatic heterocycles. The second-order valence-electron chi connectivity index (χ2n) is 3.47. The Balaban J connectivity index is 2.52. The summed E-state index contributed by atoms with van der Waals surface area (Å²) >= 11 is 11.6. The van der Waals surface area contributed by atoms with E-state index < -0.39 is 22.3 Å². The van der Waals surface area contributed by atoms with Crippen LogP contribution < -0.4 is 5.32 Å². The van der Waals surface area contributed by atoms with Crippen LogP contribution in [-0.4, -0.2) is 20.3 Å². The third-order valence-electron chi connectivity index (χ3n) is 2.21. The van der Waals surface area contributed by atoms with Crippen LogP contribution in [0.4, 0.5) is 5.69 Å². The molecule has 1 heterocycles. The Morgan fingerprint density at radius 1 is 1.53 bits per heavy atom. The quantitative estimate of drug-likeness (QED) is 0.377. The van der Waals surface area contributed by atoms with Crippen LogP contribution in [0.3, 0.4) is 0 Å². The molecule has 0 unspecified atom stereocenters. The number of phenols is 1. The molecule has 98 valence electrons. The molecule has 1 fully saturated rings. The van der Waals surface area contributed by atoms with Gasteiger partial charge in [0.15, 0.2) is 0 Å². The highest BCUT2D eigenvalue weighted by atomic mass is 35.5. The molecule has 2 rings (SSSR count). The number of nitro groups is 1. The van der Waals surface area contributed by atoms with Crippen molar-refractivity contribution in [2.45, 2.75) is 0 Å². The van der Waals surface area contributed by atoms with E-state index in [0.717, 1.165) is 17.8 Å². The van der Waals surface area contributed by atoms with Crippen molar-refractivity contribution in [2.24, 2.45) is 0 Å². The Labute approximate surface area is 121 Å². The Morgan fingerprint density at radius 3 is 2.74 bits per heavy atom. The average Bonchev–Trinajstić information content (AvgIpc) is 2.61. The molecule has 1 amide bonds. The Bertz CT molecular complexity index is 645. The maximum absolute atomic E-state index is 11.5. The number of nitrogens with one attached hydrogen (secondary N) is 1. The van der Waals surface area contributed by atoms with E-state index in [-0.39, 0.29) is 19.8 Å². The predicted molar refractivity (Wildman–Crippen MR) is 76.1 cm³/mol. The number of thiocarbonyl (C=S) groups is 1. The van der Waals surface area contributed by atoms with Crippen molar-refractivity contribution in [1.82, 2.24) is 5.32 Å². The smallest absolute Gasteiger partial charge is 0.312 e. The van der Waals surface area contributed by atoms with Crippen LogP contribution in [0.5, 0.6) is 5.75 Å². The maximum Gasteiger partial charge on any atom is 0.312 e. The van der Waals surface area contributed by atoms with Crippen molar-refractivity contribution in [3.8, 4) is 5.75 Å². The normalized spacial score (nSPS) is 16.8. The monoisotopic (exact) mass is 316 g/mol. The molecule has 2 N–H and O–H groups in total. The van der Waals surface area contributed by atoms with Gasteiger partial charge in [-0.05, 0) is 12.1 Å². The van der Waals surface area contributed by atoms with Crippen LogP contribution in [0.15, 0.2) is 17.0 Å². The van der Waals surface area contributed by atoms with Gasteiger partial charge in [0.25, 0.3) is 5.91 Å². The van der Waals surface area contributed by atoms with Crippen LogP contribution >= 0.6 is 35.6 Å². The summed E-state index contributed by atoms with van der Waals surface area (Å²) in [6.45, 7) is 0. The standard InChI is InChI=1S/C10H5ClN2O4S2/c11-5-1-4(8(14)6(3-5)13(16)17)2-7-9(15)12-10(18)19-7/h1-3,14H,(H,12,15,18). The number of aromatic hydroxyl groups is 1. The summed E-state index contributed by atoms with van der Waals surface area (Å²) in [4.78, 5) is 21.7. The summed E-state index contributed by atoms with van der Waals surface area (Å²) in [6.07, 6.45) is 1.30. The summed E-state index contributed by atoms with van der Waals surface area (Å²) in [7, 11) is 0. The molecular formula is C10H5ClN2O4S2. The lowest BCUT2D eigenvalue weighted by atomic mass is 10.1. The van der Waals surface area contributed by atoms with Crippen LogP contribution in [0.25, 0.3) is 6.08 Å². The van der Waals surface area contributed by atoms with E-state index in [1.807, 2.05) is 0 Å². The minimum absolute atomic E-state index is 0.0848. The highest BCUT2D eigenvalue weighted by molar-refractivity contribution is 8.26. The van der Waals surface area contributed by atoms with E-state index in [9.17, 15) is 20.0 Å². The van der Waals surface area contributed by atoms with Gasteiger partial charge in [0.05, 0.1) is 9.83 Å². The van der Waals surface area contributed by atoms with E-state index in [4.69, 9.17) is 23.8 Å². The van der Waals surface area contributed by atoms with Gasteiger partial charge >= 0.3 is 5.69 Å². The topological polar surface area (TPSA) is 92.5 Å². The number of nitrogens with zero attached hydrogens (tertiary/aromatic N) is 1. The highest BCUT2D eigenvalue weighted by Crippen LogP contribution is 2.36. The van der Waals surface area contributed by atoms with E-state index in [0.29, 0.717) is 0 Å². The molecule has 0 spiro atoms. The second-order valence-corrected chi connectivity index (χ2v) is 5.63. The lowest BCUT2D eigenvalue weighted by Crippen LogP contribution is -2.17. The molecule has 1 aliphatic rings. The van der Waals surface area contributed by atoms with Crippen molar-refractivity contribution in [3.63, 3.8) is 0 Å². The zero-order valence-corrected chi connectivity index (χ0v) is 11.4. The first-order valence-corrected chi connectivity index (χ1v) is 6.40. The SMILES string of the molecule is O=C1NC(=S)SC1=Cc1cc(Cl)cc([N+](=O)[O-])c1O. The minimum atomic E-state index is -0.754. The molecule has 0 bridgehead atoms. The van der Waals surface area contributed by atoms with Crippen molar-refractivity contribution < 1.29 is 14.8 Å². The van der Waals surface area contributed by atoms with Gasteiger partial charge in [0.2, 0.25) is 5.75 Å². The summed E-state index contributed by atoms with van der Waals surface area (Å²) < 4.78 is 0.285. The lowest BCUT2D eigenvalue weighted by molar-refractivity contribution is -0.385. The van der Waals surface area contributed by atoms with Gasteiger partial charge in [-0.3, -0.25) is 14.9 Å². The molecule has 1 aromatic rings. The fourth-order valence-corrected chi connectivity index (χ4v) is 2.67. The fraction of sp³-hybridized carbons (Fsp3) is 0. The molecule has 1 aliphatic heterocycles. The van der Waals surface area contributed by atoms with Crippen LogP contribution in [0.2, 0.25) is 5.02 Å². The largest absolute Gasteiger partial charge is 0.502 e. The number of phenolic OH excluding ortho intramolecular Hbond substituents is 1. The number of benzene rings is 1. The Kier molecular flexibility index (Phi) is 3.74. The number of halogens is 1. The molecule has 6 nitrogen and oxygen atoms in total. The molecular weight excluding hydrogens is 312 g/mol. The summed E-state index contributed by atoms with van der Waals surface area (Å²) in [5.41, 5.74) is -0.438. The van der Waals surface area contributed by atoms with Gasteiger partial charge in [0, 0.05) is 16.7 Å². The number of hydrogen-bond donors (Lipinski definition) is 2. The molecule has 1 saturated heterocycles. The van der Waals surface area contributed by atoms with Crippen LogP contribution in [-0.2, 0) is 4.79 Å². The number of carbonyl (C=O) groups excluding carboxylic acids is 1. The van der Waals surface area contributed by atoms with Gasteiger partial charge < -0.3 is 10.4 Å². The number of amides is 1. The first-order valence-electron chi connectivity index (χ1n) is 4.80. The lowest BCUT2D eigenvalue weighted by Gasteiger charge is -2.02. The molecule has 19 heavy (non-hydrogen) atoms. The molecule has 1 aromatic carbocycles. The number of hydrogen-bond acceptors (Lipinski definition) is 6. The minimum Gasteiger partial charge on any atom is -0.502 e. The predicted octanol–water partition coefficient (Wildman–Crippen LogP) is 2.44. The van der Waals surface area contributed by atoms with Crippen LogP contribution in [0, 0.1) is 10.1 Å². The van der Waals surface area contributed by atoms with Crippen molar-refractivity contribution in [3.05, 3.63) is 37.7 Å². The van der Waals surface area contributed by atoms with Gasteiger partial charge in [-0.15, -0.1) is 0 Å². The van der Waals surface area contributed by atoms with Gasteiger partial charge in [0.1, 0.15) is 4.32 Å². The fourth-order valence-electron chi connectivity index (χ4n) is 1.42. The molecule has 0 saturated carbocycles. The Hall–Kier alpha value is -1.64. The second kappa shape index (κ2) is 5.16. The molecule has 9 heteroatoms. The summed E-state index contributed by atoms with van der Waals surface area (Å²) in [5.74, 6) is -0.967. The van der Waals surface area contributed by atoms with Crippen molar-refractivity contribution >= 4 is 57.6 Å². The molecule has 0 aliphatic carbocycles. The average molecular weight is 317 g/mol. The van der Waals surface area contributed by atoms with E-state index in [2.05, 4.69) is 5.32 Å². The number of rotatable bonds is 2. The number of thioether (sulfide) groups is 1. The van der Waals surface area contributed by atoms with Gasteiger partial charge in [-0.25, -0.2) is 0 Å². The van der Waals surface area contributed by atoms with Gasteiger partial charge in [-0.2, -0.15) is 0 Å². The molecule has 0 radical (unpaired) electrons. The van der Waals surface area contributed by atoms with Crippen molar-refractivity contribution in [2.75, 3.05) is 0 Å². The Morgan fingerprint density at radius 2 is 2.21 bits per heavy atom. The van der Waals surface area contributed by atoms with E-state index >= 15 is 0 Å². The van der Waals surface area contributed by atoms with E-state index in [1.165, 1.54) is 12.1 Å². The zero-order chi connectivity index (χ0) is 14.2. The highest BCUT2D eigenvalue weighted by Gasteiger charge is 2.24. The van der Waals surface area contributed by atoms with Crippen LogP contribution in [0.1, 0.15) is 5.56 Å². The van der Waals surface area contributed by atoms with E-state index in [1.54, 1.807) is 0 Å². The number of nitro benzene ring substituents is 1. The third kappa shape index (κ3) is 2.86. The maximum atomic E-state index is 11.5. The summed E-state index contributed by atoms with van der Waals surface area (Å²) in [5, 5.41) is 23.0. The first kappa shape index (κ1) is 13.8. The molecule has 0 atom stereocenters. The first-order chi connectivity index (χ1) is 8.88.